The van der Waals surface area contributed by atoms with Crippen molar-refractivity contribution in [3.05, 3.63) is 29.8 Å². The summed E-state index contributed by atoms with van der Waals surface area (Å²) in [6.45, 7) is 1.88. The van der Waals surface area contributed by atoms with Crippen molar-refractivity contribution in [2.75, 3.05) is 18.4 Å². The van der Waals surface area contributed by atoms with Crippen molar-refractivity contribution < 1.29 is 18.0 Å². The van der Waals surface area contributed by atoms with E-state index < -0.39 is 11.7 Å². The van der Waals surface area contributed by atoms with E-state index in [0.717, 1.165) is 32.0 Å². The van der Waals surface area contributed by atoms with Crippen LogP contribution in [0, 0.1) is 5.92 Å². The molecule has 0 saturated carbocycles. The first-order valence-electron chi connectivity index (χ1n) is 7.13. The Morgan fingerprint density at radius 1 is 1.33 bits per heavy atom. The summed E-state index contributed by atoms with van der Waals surface area (Å²) in [4.78, 5) is 11.8. The predicted octanol–water partition coefficient (Wildman–Crippen LogP) is 3.42. The second-order valence-corrected chi connectivity index (χ2v) is 5.34. The number of alkyl halides is 3. The van der Waals surface area contributed by atoms with Crippen LogP contribution in [0.1, 0.15) is 31.2 Å². The highest BCUT2D eigenvalue weighted by molar-refractivity contribution is 5.91. The van der Waals surface area contributed by atoms with Crippen LogP contribution in [0.15, 0.2) is 24.3 Å². The molecule has 2 N–H and O–H groups in total. The molecular weight excluding hydrogens is 281 g/mol. The van der Waals surface area contributed by atoms with E-state index in [9.17, 15) is 18.0 Å². The van der Waals surface area contributed by atoms with E-state index in [1.54, 1.807) is 0 Å². The summed E-state index contributed by atoms with van der Waals surface area (Å²) >= 11 is 0. The molecule has 0 radical (unpaired) electrons. The Bertz CT molecular complexity index is 482. The van der Waals surface area contributed by atoms with Crippen molar-refractivity contribution in [3.8, 4) is 0 Å². The maximum atomic E-state index is 12.8. The smallest absolute Gasteiger partial charge is 0.326 e. The van der Waals surface area contributed by atoms with Gasteiger partial charge in [-0.15, -0.1) is 0 Å². The molecule has 0 aromatic heterocycles. The normalized spacial score (nSPS) is 19.3. The minimum Gasteiger partial charge on any atom is -0.326 e. The number of carbonyl (C=O) groups is 1. The van der Waals surface area contributed by atoms with Crippen LogP contribution in [0.4, 0.5) is 18.9 Å². The summed E-state index contributed by atoms with van der Waals surface area (Å²) in [5.41, 5.74) is -0.977. The molecule has 116 valence electrons. The summed E-state index contributed by atoms with van der Waals surface area (Å²) in [7, 11) is 0. The maximum absolute atomic E-state index is 12.8. The van der Waals surface area contributed by atoms with E-state index >= 15 is 0 Å². The summed E-state index contributed by atoms with van der Waals surface area (Å²) in [6, 6.07) is 5.05. The van der Waals surface area contributed by atoms with Gasteiger partial charge in [0.05, 0.1) is 11.3 Å². The van der Waals surface area contributed by atoms with E-state index in [-0.39, 0.29) is 18.0 Å². The van der Waals surface area contributed by atoms with Crippen molar-refractivity contribution in [3.63, 3.8) is 0 Å². The lowest BCUT2D eigenvalue weighted by atomic mass is 9.94. The summed E-state index contributed by atoms with van der Waals surface area (Å²) in [6.07, 6.45) is -1.36. The van der Waals surface area contributed by atoms with Crippen LogP contribution < -0.4 is 10.6 Å². The van der Waals surface area contributed by atoms with Gasteiger partial charge >= 0.3 is 6.18 Å². The molecule has 0 spiro atoms. The molecule has 3 nitrogen and oxygen atoms in total. The molecule has 1 aliphatic rings. The van der Waals surface area contributed by atoms with Gasteiger partial charge in [-0.25, -0.2) is 0 Å². The van der Waals surface area contributed by atoms with Gasteiger partial charge in [-0.2, -0.15) is 13.2 Å². The Kier molecular flexibility index (Phi) is 5.22. The molecule has 1 aliphatic heterocycles. The van der Waals surface area contributed by atoms with Gasteiger partial charge in [0.25, 0.3) is 0 Å². The van der Waals surface area contributed by atoms with Crippen molar-refractivity contribution in [2.45, 2.75) is 31.9 Å². The molecule has 0 bridgehead atoms. The van der Waals surface area contributed by atoms with E-state index in [1.165, 1.54) is 18.2 Å². The lowest BCUT2D eigenvalue weighted by molar-refractivity contribution is -0.137. The number of piperidine rings is 1. The quantitative estimate of drug-likeness (QED) is 0.894. The first-order chi connectivity index (χ1) is 9.97. The zero-order valence-corrected chi connectivity index (χ0v) is 11.7. The predicted molar refractivity (Wildman–Crippen MR) is 74.9 cm³/mol. The van der Waals surface area contributed by atoms with Gasteiger partial charge in [-0.3, -0.25) is 4.79 Å². The molecule has 1 amide bonds. The average molecular weight is 300 g/mol. The van der Waals surface area contributed by atoms with Crippen molar-refractivity contribution in [2.24, 2.45) is 5.92 Å². The molecule has 1 atom stereocenters. The molecule has 1 saturated heterocycles. The third-order valence-electron chi connectivity index (χ3n) is 3.69. The van der Waals surface area contributed by atoms with E-state index in [0.29, 0.717) is 12.3 Å². The fourth-order valence-electron chi connectivity index (χ4n) is 2.56. The standard InChI is InChI=1S/C15H19F3N2O/c16-15(17,18)12-5-1-2-6-13(12)20-14(21)8-7-11-4-3-9-19-10-11/h1-2,5-6,11,19H,3-4,7-10H2,(H,20,21). The van der Waals surface area contributed by atoms with E-state index in [2.05, 4.69) is 10.6 Å². The molecule has 2 rings (SSSR count). The second-order valence-electron chi connectivity index (χ2n) is 5.34. The minimum absolute atomic E-state index is 0.170. The molecule has 1 aromatic rings. The lowest BCUT2D eigenvalue weighted by Gasteiger charge is -2.22. The van der Waals surface area contributed by atoms with Crippen molar-refractivity contribution >= 4 is 11.6 Å². The number of rotatable bonds is 4. The topological polar surface area (TPSA) is 41.1 Å². The Balaban J connectivity index is 1.90. The van der Waals surface area contributed by atoms with Crippen LogP contribution in [-0.2, 0) is 11.0 Å². The third-order valence-corrected chi connectivity index (χ3v) is 3.69. The lowest BCUT2D eigenvalue weighted by Crippen LogP contribution is -2.30. The Hall–Kier alpha value is -1.56. The molecule has 0 aliphatic carbocycles. The summed E-state index contributed by atoms with van der Waals surface area (Å²) < 4.78 is 38.4. The fraction of sp³-hybridized carbons (Fsp3) is 0.533. The SMILES string of the molecule is O=C(CCC1CCCNC1)Nc1ccccc1C(F)(F)F. The third kappa shape index (κ3) is 4.74. The van der Waals surface area contributed by atoms with Crippen LogP contribution in [0.3, 0.4) is 0 Å². The van der Waals surface area contributed by atoms with Gasteiger partial charge in [0.2, 0.25) is 5.91 Å². The number of benzene rings is 1. The number of para-hydroxylation sites is 1. The summed E-state index contributed by atoms with van der Waals surface area (Å²) in [5.74, 6) is 0.0691. The van der Waals surface area contributed by atoms with Crippen molar-refractivity contribution in [1.82, 2.24) is 5.32 Å². The highest BCUT2D eigenvalue weighted by atomic mass is 19.4. The minimum atomic E-state index is -4.46. The number of carbonyl (C=O) groups excluding carboxylic acids is 1. The number of hydrogen-bond donors (Lipinski definition) is 2. The van der Waals surface area contributed by atoms with E-state index in [1.807, 2.05) is 0 Å². The van der Waals surface area contributed by atoms with Crippen molar-refractivity contribution in [1.29, 1.82) is 0 Å². The molecular formula is C15H19F3N2O. The number of hydrogen-bond acceptors (Lipinski definition) is 2. The van der Waals surface area contributed by atoms with Crippen LogP contribution in [-0.4, -0.2) is 19.0 Å². The highest BCUT2D eigenvalue weighted by Gasteiger charge is 2.33. The highest BCUT2D eigenvalue weighted by Crippen LogP contribution is 2.34. The zero-order chi connectivity index (χ0) is 15.3. The summed E-state index contributed by atoms with van der Waals surface area (Å²) in [5, 5.41) is 5.63. The Morgan fingerprint density at radius 2 is 2.10 bits per heavy atom. The van der Waals surface area contributed by atoms with Gasteiger partial charge in [-0.05, 0) is 50.4 Å². The molecule has 1 unspecified atom stereocenters. The first kappa shape index (κ1) is 15.8. The Morgan fingerprint density at radius 3 is 2.76 bits per heavy atom. The number of nitrogens with one attached hydrogen (secondary N) is 2. The van der Waals surface area contributed by atoms with Gasteiger partial charge in [0.1, 0.15) is 0 Å². The van der Waals surface area contributed by atoms with Gasteiger partial charge < -0.3 is 10.6 Å². The van der Waals surface area contributed by atoms with Gasteiger partial charge in [0, 0.05) is 6.42 Å². The van der Waals surface area contributed by atoms with E-state index in [4.69, 9.17) is 0 Å². The maximum Gasteiger partial charge on any atom is 0.418 e. The number of anilines is 1. The molecule has 1 heterocycles. The Labute approximate surface area is 121 Å². The van der Waals surface area contributed by atoms with Gasteiger partial charge in [0.15, 0.2) is 0 Å². The number of halogens is 3. The largest absolute Gasteiger partial charge is 0.418 e. The fourth-order valence-corrected chi connectivity index (χ4v) is 2.56. The van der Waals surface area contributed by atoms with Crippen LogP contribution in [0.5, 0.6) is 0 Å². The van der Waals surface area contributed by atoms with Crippen LogP contribution in [0.2, 0.25) is 0 Å². The molecule has 6 heteroatoms. The second kappa shape index (κ2) is 6.93. The van der Waals surface area contributed by atoms with Gasteiger partial charge in [-0.1, -0.05) is 12.1 Å². The van der Waals surface area contributed by atoms with Crippen LogP contribution in [0.25, 0.3) is 0 Å². The molecule has 1 fully saturated rings. The average Bonchev–Trinajstić information content (AvgIpc) is 2.46. The zero-order valence-electron chi connectivity index (χ0n) is 11.7. The molecule has 1 aromatic carbocycles. The monoisotopic (exact) mass is 300 g/mol. The first-order valence-corrected chi connectivity index (χ1v) is 7.13. The van der Waals surface area contributed by atoms with Crippen LogP contribution >= 0.6 is 0 Å². The molecule has 21 heavy (non-hydrogen) atoms. The number of amides is 1.